The zero-order chi connectivity index (χ0) is 18.0. The third-order valence-electron chi connectivity index (χ3n) is 3.57. The van der Waals surface area contributed by atoms with Crippen molar-refractivity contribution in [2.75, 3.05) is 21.3 Å². The van der Waals surface area contributed by atoms with Crippen molar-refractivity contribution >= 4 is 17.1 Å². The van der Waals surface area contributed by atoms with Crippen molar-refractivity contribution in [3.8, 4) is 17.2 Å². The van der Waals surface area contributed by atoms with E-state index in [1.807, 2.05) is 0 Å². The summed E-state index contributed by atoms with van der Waals surface area (Å²) in [6.07, 6.45) is 1.25. The van der Waals surface area contributed by atoms with E-state index in [4.69, 9.17) is 9.47 Å². The zero-order valence-corrected chi connectivity index (χ0v) is 13.8. The van der Waals surface area contributed by atoms with E-state index >= 15 is 0 Å². The lowest BCUT2D eigenvalue weighted by Crippen LogP contribution is -2.25. The number of rotatable bonds is 5. The van der Waals surface area contributed by atoms with Gasteiger partial charge in [0.15, 0.2) is 22.7 Å². The first-order chi connectivity index (χ1) is 12.1. The summed E-state index contributed by atoms with van der Waals surface area (Å²) in [5, 5.41) is 7.86. The number of aromatic nitrogens is 5. The molecule has 0 aliphatic carbocycles. The van der Waals surface area contributed by atoms with Gasteiger partial charge in [0.25, 0.3) is 5.56 Å². The van der Waals surface area contributed by atoms with Gasteiger partial charge in [-0.15, -0.1) is 5.10 Å². The van der Waals surface area contributed by atoms with Crippen LogP contribution >= 0.6 is 0 Å². The second-order valence-corrected chi connectivity index (χ2v) is 4.97. The van der Waals surface area contributed by atoms with Crippen LogP contribution in [-0.2, 0) is 16.1 Å². The summed E-state index contributed by atoms with van der Waals surface area (Å²) in [5.74, 6) is 0.502. The lowest BCUT2D eigenvalue weighted by atomic mass is 10.2. The number of ether oxygens (including phenoxy) is 3. The monoisotopic (exact) mass is 345 g/mol. The highest BCUT2D eigenvalue weighted by Gasteiger charge is 2.16. The molecule has 130 valence electrons. The number of nitrogens with zero attached hydrogens (tertiary/aromatic N) is 5. The maximum absolute atomic E-state index is 12.4. The molecule has 0 atom stereocenters. The molecule has 0 radical (unpaired) electrons. The molecule has 2 heterocycles. The van der Waals surface area contributed by atoms with E-state index in [2.05, 4.69) is 20.0 Å². The van der Waals surface area contributed by atoms with Crippen LogP contribution in [0, 0.1) is 0 Å². The third-order valence-corrected chi connectivity index (χ3v) is 3.57. The van der Waals surface area contributed by atoms with Gasteiger partial charge in [-0.25, -0.2) is 4.98 Å². The van der Waals surface area contributed by atoms with E-state index in [-0.39, 0.29) is 17.7 Å². The Kier molecular flexibility index (Phi) is 4.33. The molecule has 0 amide bonds. The molecule has 0 aliphatic rings. The number of methoxy groups -OCH3 is 3. The lowest BCUT2D eigenvalue weighted by Gasteiger charge is -2.09. The Bertz CT molecular complexity index is 994. The van der Waals surface area contributed by atoms with Crippen molar-refractivity contribution in [3.05, 3.63) is 34.9 Å². The summed E-state index contributed by atoms with van der Waals surface area (Å²) in [4.78, 5) is 27.9. The highest BCUT2D eigenvalue weighted by molar-refractivity contribution is 5.72. The van der Waals surface area contributed by atoms with Gasteiger partial charge in [-0.1, -0.05) is 5.21 Å². The van der Waals surface area contributed by atoms with Gasteiger partial charge in [0.2, 0.25) is 0 Å². The van der Waals surface area contributed by atoms with Gasteiger partial charge in [-0.3, -0.25) is 14.2 Å². The van der Waals surface area contributed by atoms with E-state index in [9.17, 15) is 9.59 Å². The fraction of sp³-hybridized carbons (Fsp3) is 0.267. The van der Waals surface area contributed by atoms with E-state index < -0.39 is 11.5 Å². The fourth-order valence-electron chi connectivity index (χ4n) is 2.29. The number of carbonyl (C=O) groups is 1. The highest BCUT2D eigenvalue weighted by atomic mass is 16.5. The molecule has 0 saturated carbocycles. The van der Waals surface area contributed by atoms with Crippen LogP contribution in [0.25, 0.3) is 16.9 Å². The Morgan fingerprint density at radius 2 is 1.92 bits per heavy atom. The van der Waals surface area contributed by atoms with Crippen LogP contribution in [0.15, 0.2) is 29.3 Å². The molecule has 0 unspecified atom stereocenters. The second kappa shape index (κ2) is 6.59. The Morgan fingerprint density at radius 3 is 2.60 bits per heavy atom. The average Bonchev–Trinajstić information content (AvgIpc) is 3.08. The van der Waals surface area contributed by atoms with Crippen LogP contribution in [0.2, 0.25) is 0 Å². The molecule has 10 heteroatoms. The number of carbonyl (C=O) groups excluding carboxylic acids is 1. The Morgan fingerprint density at radius 1 is 1.16 bits per heavy atom. The standard InChI is InChI=1S/C15H15N5O5/c1-23-10-5-4-9(6-11(10)24-2)20-14-13(17-18-20)15(22)19(8-16-14)7-12(21)25-3/h4-6,8H,7H2,1-3H3. The van der Waals surface area contributed by atoms with Gasteiger partial charge in [0.1, 0.15) is 12.9 Å². The van der Waals surface area contributed by atoms with E-state index in [1.54, 1.807) is 18.2 Å². The molecule has 0 N–H and O–H groups in total. The predicted molar refractivity (Wildman–Crippen MR) is 86.0 cm³/mol. The Balaban J connectivity index is 2.09. The maximum atomic E-state index is 12.4. The predicted octanol–water partition coefficient (Wildman–Crippen LogP) is 0.167. The smallest absolute Gasteiger partial charge is 0.325 e. The summed E-state index contributed by atoms with van der Waals surface area (Å²) in [6, 6.07) is 5.13. The molecular weight excluding hydrogens is 330 g/mol. The molecule has 25 heavy (non-hydrogen) atoms. The lowest BCUT2D eigenvalue weighted by molar-refractivity contribution is -0.141. The summed E-state index contributed by atoms with van der Waals surface area (Å²) in [6.45, 7) is -0.249. The van der Waals surface area contributed by atoms with Gasteiger partial charge >= 0.3 is 5.97 Å². The summed E-state index contributed by atoms with van der Waals surface area (Å²) >= 11 is 0. The number of esters is 1. The average molecular weight is 345 g/mol. The van der Waals surface area contributed by atoms with Crippen LogP contribution in [0.1, 0.15) is 0 Å². The van der Waals surface area contributed by atoms with Crippen molar-refractivity contribution in [3.63, 3.8) is 0 Å². The van der Waals surface area contributed by atoms with Gasteiger partial charge in [0, 0.05) is 6.07 Å². The molecule has 1 aromatic carbocycles. The quantitative estimate of drug-likeness (QED) is 0.602. The molecular formula is C15H15N5O5. The molecule has 3 rings (SSSR count). The first-order valence-electron chi connectivity index (χ1n) is 7.19. The molecule has 3 aromatic rings. The van der Waals surface area contributed by atoms with E-state index in [0.29, 0.717) is 17.2 Å². The molecule has 0 saturated heterocycles. The van der Waals surface area contributed by atoms with Crippen LogP contribution in [-0.4, -0.2) is 51.8 Å². The molecule has 0 spiro atoms. The van der Waals surface area contributed by atoms with Gasteiger partial charge < -0.3 is 14.2 Å². The normalized spacial score (nSPS) is 10.7. The van der Waals surface area contributed by atoms with Crippen LogP contribution in [0.3, 0.4) is 0 Å². The third kappa shape index (κ3) is 2.89. The first-order valence-corrected chi connectivity index (χ1v) is 7.19. The van der Waals surface area contributed by atoms with E-state index in [1.165, 1.54) is 32.3 Å². The maximum Gasteiger partial charge on any atom is 0.325 e. The largest absolute Gasteiger partial charge is 0.493 e. The molecule has 0 aliphatic heterocycles. The number of fused-ring (bicyclic) bond motifs is 1. The Labute approximate surface area is 141 Å². The summed E-state index contributed by atoms with van der Waals surface area (Å²) in [7, 11) is 4.30. The zero-order valence-electron chi connectivity index (χ0n) is 13.8. The molecule has 0 bridgehead atoms. The van der Waals surface area contributed by atoms with Crippen molar-refractivity contribution in [2.24, 2.45) is 0 Å². The van der Waals surface area contributed by atoms with Crippen molar-refractivity contribution in [2.45, 2.75) is 6.54 Å². The van der Waals surface area contributed by atoms with Crippen LogP contribution < -0.4 is 15.0 Å². The van der Waals surface area contributed by atoms with Gasteiger partial charge in [-0.05, 0) is 12.1 Å². The van der Waals surface area contributed by atoms with Crippen molar-refractivity contribution in [1.29, 1.82) is 0 Å². The number of benzene rings is 1. The topological polar surface area (TPSA) is 110 Å². The number of hydrogen-bond donors (Lipinski definition) is 0. The van der Waals surface area contributed by atoms with Gasteiger partial charge in [-0.2, -0.15) is 4.68 Å². The van der Waals surface area contributed by atoms with Crippen LogP contribution in [0.5, 0.6) is 11.5 Å². The van der Waals surface area contributed by atoms with E-state index in [0.717, 1.165) is 4.57 Å². The summed E-state index contributed by atoms with van der Waals surface area (Å²) in [5.41, 5.74) is 0.416. The second-order valence-electron chi connectivity index (χ2n) is 4.97. The van der Waals surface area contributed by atoms with Gasteiger partial charge in [0.05, 0.1) is 27.0 Å². The highest BCUT2D eigenvalue weighted by Crippen LogP contribution is 2.29. The van der Waals surface area contributed by atoms with Crippen LogP contribution in [0.4, 0.5) is 0 Å². The molecule has 2 aromatic heterocycles. The Hall–Kier alpha value is -3.43. The van der Waals surface area contributed by atoms with Crippen molar-refractivity contribution in [1.82, 2.24) is 24.5 Å². The van der Waals surface area contributed by atoms with Crippen molar-refractivity contribution < 1.29 is 19.0 Å². The minimum Gasteiger partial charge on any atom is -0.493 e. The minimum atomic E-state index is -0.560. The molecule has 10 nitrogen and oxygen atoms in total. The number of hydrogen-bond acceptors (Lipinski definition) is 8. The summed E-state index contributed by atoms with van der Waals surface area (Å²) < 4.78 is 17.5. The first kappa shape index (κ1) is 16.4. The minimum absolute atomic E-state index is 0.0428. The fourth-order valence-corrected chi connectivity index (χ4v) is 2.29. The SMILES string of the molecule is COC(=O)Cn1cnc2c(nnn2-c2ccc(OC)c(OC)c2)c1=O. The molecule has 0 fully saturated rings.